The van der Waals surface area contributed by atoms with E-state index in [4.69, 9.17) is 20.8 Å². The Morgan fingerprint density at radius 1 is 1.42 bits per heavy atom. The van der Waals surface area contributed by atoms with E-state index in [2.05, 4.69) is 4.98 Å². The molecule has 0 saturated carbocycles. The molecule has 0 bridgehead atoms. The van der Waals surface area contributed by atoms with Crippen LogP contribution in [0.3, 0.4) is 0 Å². The van der Waals surface area contributed by atoms with E-state index in [0.717, 1.165) is 0 Å². The fourth-order valence-corrected chi connectivity index (χ4v) is 1.95. The number of furan rings is 1. The van der Waals surface area contributed by atoms with Gasteiger partial charge in [0.05, 0.1) is 24.4 Å². The third-order valence-electron chi connectivity index (χ3n) is 2.85. The number of halogens is 1. The van der Waals surface area contributed by atoms with Crippen LogP contribution < -0.4 is 4.74 Å². The summed E-state index contributed by atoms with van der Waals surface area (Å²) >= 11 is 5.74. The SMILES string of the molecule is O=C(c1ccco1)N1CC(Oc2ccc(Cl)cn2)C1. The lowest BCUT2D eigenvalue weighted by Crippen LogP contribution is -2.56. The molecule has 5 nitrogen and oxygen atoms in total. The highest BCUT2D eigenvalue weighted by Crippen LogP contribution is 2.19. The van der Waals surface area contributed by atoms with Gasteiger partial charge < -0.3 is 14.1 Å². The molecule has 0 atom stereocenters. The van der Waals surface area contributed by atoms with Gasteiger partial charge in [-0.1, -0.05) is 11.6 Å². The first-order valence-electron chi connectivity index (χ1n) is 5.83. The molecular formula is C13H11ClN2O3. The molecule has 1 fully saturated rings. The van der Waals surface area contributed by atoms with Crippen molar-refractivity contribution in [1.29, 1.82) is 0 Å². The summed E-state index contributed by atoms with van der Waals surface area (Å²) < 4.78 is 10.7. The normalized spacial score (nSPS) is 15.1. The van der Waals surface area contributed by atoms with Crippen molar-refractivity contribution in [2.45, 2.75) is 6.10 Å². The molecule has 19 heavy (non-hydrogen) atoms. The van der Waals surface area contributed by atoms with Crippen molar-refractivity contribution >= 4 is 17.5 Å². The number of pyridine rings is 1. The molecule has 0 spiro atoms. The van der Waals surface area contributed by atoms with Crippen LogP contribution in [0, 0.1) is 0 Å². The molecule has 3 heterocycles. The molecule has 0 aliphatic carbocycles. The van der Waals surface area contributed by atoms with E-state index < -0.39 is 0 Å². The van der Waals surface area contributed by atoms with Gasteiger partial charge in [0.1, 0.15) is 6.10 Å². The Morgan fingerprint density at radius 3 is 2.89 bits per heavy atom. The molecular weight excluding hydrogens is 268 g/mol. The summed E-state index contributed by atoms with van der Waals surface area (Å²) in [5.74, 6) is 0.747. The van der Waals surface area contributed by atoms with Gasteiger partial charge in [0.2, 0.25) is 5.88 Å². The molecule has 1 aliphatic heterocycles. The Hall–Kier alpha value is -2.01. The van der Waals surface area contributed by atoms with Crippen molar-refractivity contribution < 1.29 is 13.9 Å². The number of amides is 1. The average molecular weight is 279 g/mol. The number of ether oxygens (including phenoxy) is 1. The lowest BCUT2D eigenvalue weighted by Gasteiger charge is -2.38. The minimum atomic E-state index is -0.117. The minimum absolute atomic E-state index is 0.0346. The van der Waals surface area contributed by atoms with Crippen molar-refractivity contribution in [3.63, 3.8) is 0 Å². The molecule has 0 N–H and O–H groups in total. The van der Waals surface area contributed by atoms with Gasteiger partial charge in [-0.25, -0.2) is 4.98 Å². The van der Waals surface area contributed by atoms with Gasteiger partial charge in [0.15, 0.2) is 5.76 Å². The molecule has 1 amide bonds. The second kappa shape index (κ2) is 4.93. The first-order chi connectivity index (χ1) is 9.22. The van der Waals surface area contributed by atoms with E-state index in [-0.39, 0.29) is 12.0 Å². The van der Waals surface area contributed by atoms with Crippen LogP contribution >= 0.6 is 11.6 Å². The van der Waals surface area contributed by atoms with E-state index in [0.29, 0.717) is 29.8 Å². The van der Waals surface area contributed by atoms with Crippen molar-refractivity contribution in [3.05, 3.63) is 47.5 Å². The number of nitrogens with zero attached hydrogens (tertiary/aromatic N) is 2. The van der Waals surface area contributed by atoms with Crippen LogP contribution in [0.25, 0.3) is 0 Å². The summed E-state index contributed by atoms with van der Waals surface area (Å²) in [4.78, 5) is 17.6. The average Bonchev–Trinajstić information content (AvgIpc) is 2.88. The lowest BCUT2D eigenvalue weighted by atomic mass is 10.1. The first-order valence-corrected chi connectivity index (χ1v) is 6.21. The van der Waals surface area contributed by atoms with Crippen LogP contribution in [0.1, 0.15) is 10.6 Å². The van der Waals surface area contributed by atoms with Crippen LogP contribution in [0.2, 0.25) is 5.02 Å². The van der Waals surface area contributed by atoms with E-state index in [9.17, 15) is 4.79 Å². The van der Waals surface area contributed by atoms with Crippen molar-refractivity contribution in [2.75, 3.05) is 13.1 Å². The Morgan fingerprint density at radius 2 is 2.26 bits per heavy atom. The zero-order valence-electron chi connectivity index (χ0n) is 9.95. The molecule has 2 aromatic rings. The summed E-state index contributed by atoms with van der Waals surface area (Å²) in [7, 11) is 0. The minimum Gasteiger partial charge on any atom is -0.471 e. The molecule has 3 rings (SSSR count). The predicted molar refractivity (Wildman–Crippen MR) is 68.3 cm³/mol. The Bertz CT molecular complexity index is 562. The number of hydrogen-bond acceptors (Lipinski definition) is 4. The molecule has 0 aromatic carbocycles. The number of aromatic nitrogens is 1. The highest BCUT2D eigenvalue weighted by molar-refractivity contribution is 6.30. The summed E-state index contributed by atoms with van der Waals surface area (Å²) in [6, 6.07) is 6.77. The zero-order chi connectivity index (χ0) is 13.2. The highest BCUT2D eigenvalue weighted by Gasteiger charge is 2.34. The van der Waals surface area contributed by atoms with Gasteiger partial charge in [-0.3, -0.25) is 4.79 Å². The largest absolute Gasteiger partial charge is 0.471 e. The standard InChI is InChI=1S/C13H11ClN2O3/c14-9-3-4-12(15-6-9)19-10-7-16(8-10)13(17)11-2-1-5-18-11/h1-6,10H,7-8H2. The monoisotopic (exact) mass is 278 g/mol. The third kappa shape index (κ3) is 2.56. The molecule has 2 aromatic heterocycles. The van der Waals surface area contributed by atoms with Crippen LogP contribution in [0.4, 0.5) is 0 Å². The number of carbonyl (C=O) groups excluding carboxylic acids is 1. The van der Waals surface area contributed by atoms with Crippen LogP contribution in [-0.4, -0.2) is 35.0 Å². The molecule has 1 aliphatic rings. The fraction of sp³-hybridized carbons (Fsp3) is 0.231. The number of likely N-dealkylation sites (tertiary alicyclic amines) is 1. The molecule has 0 unspecified atom stereocenters. The number of rotatable bonds is 3. The third-order valence-corrected chi connectivity index (χ3v) is 3.08. The van der Waals surface area contributed by atoms with Crippen molar-refractivity contribution in [3.8, 4) is 5.88 Å². The lowest BCUT2D eigenvalue weighted by molar-refractivity contribution is 0.0138. The van der Waals surface area contributed by atoms with E-state index >= 15 is 0 Å². The highest BCUT2D eigenvalue weighted by atomic mass is 35.5. The molecule has 1 saturated heterocycles. The first kappa shape index (κ1) is 12.0. The van der Waals surface area contributed by atoms with Gasteiger partial charge in [0, 0.05) is 12.3 Å². The second-order valence-corrected chi connectivity index (χ2v) is 4.68. The summed E-state index contributed by atoms with van der Waals surface area (Å²) in [5.41, 5.74) is 0. The second-order valence-electron chi connectivity index (χ2n) is 4.24. The summed E-state index contributed by atoms with van der Waals surface area (Å²) in [6.45, 7) is 1.06. The smallest absolute Gasteiger partial charge is 0.289 e. The maximum Gasteiger partial charge on any atom is 0.289 e. The van der Waals surface area contributed by atoms with Crippen LogP contribution in [0.15, 0.2) is 41.1 Å². The quantitative estimate of drug-likeness (QED) is 0.864. The summed E-state index contributed by atoms with van der Waals surface area (Å²) in [5, 5.41) is 0.565. The maximum absolute atomic E-state index is 11.9. The number of hydrogen-bond donors (Lipinski definition) is 0. The Balaban J connectivity index is 1.53. The predicted octanol–water partition coefficient (Wildman–Crippen LogP) is 2.23. The molecule has 6 heteroatoms. The van der Waals surface area contributed by atoms with Crippen molar-refractivity contribution in [2.24, 2.45) is 0 Å². The molecule has 98 valence electrons. The van der Waals surface area contributed by atoms with E-state index in [1.807, 2.05) is 0 Å². The van der Waals surface area contributed by atoms with Crippen LogP contribution in [0.5, 0.6) is 5.88 Å². The van der Waals surface area contributed by atoms with E-state index in [1.165, 1.54) is 12.5 Å². The van der Waals surface area contributed by atoms with Gasteiger partial charge in [-0.15, -0.1) is 0 Å². The zero-order valence-corrected chi connectivity index (χ0v) is 10.7. The van der Waals surface area contributed by atoms with Crippen LogP contribution in [-0.2, 0) is 0 Å². The van der Waals surface area contributed by atoms with Gasteiger partial charge >= 0.3 is 0 Å². The van der Waals surface area contributed by atoms with Crippen molar-refractivity contribution in [1.82, 2.24) is 9.88 Å². The summed E-state index contributed by atoms with van der Waals surface area (Å²) in [6.07, 6.45) is 2.98. The number of carbonyl (C=O) groups is 1. The van der Waals surface area contributed by atoms with Gasteiger partial charge in [-0.2, -0.15) is 0 Å². The maximum atomic E-state index is 11.9. The molecule has 0 radical (unpaired) electrons. The Kier molecular flexibility index (Phi) is 3.13. The Labute approximate surface area is 114 Å². The van der Waals surface area contributed by atoms with Gasteiger partial charge in [-0.05, 0) is 18.2 Å². The van der Waals surface area contributed by atoms with E-state index in [1.54, 1.807) is 29.2 Å². The topological polar surface area (TPSA) is 55.6 Å². The fourth-order valence-electron chi connectivity index (χ4n) is 1.84. The van der Waals surface area contributed by atoms with Gasteiger partial charge in [0.25, 0.3) is 5.91 Å².